The third kappa shape index (κ3) is 5.35. The first-order valence-corrected chi connectivity index (χ1v) is 8.93. The molecule has 0 radical (unpaired) electrons. The van der Waals surface area contributed by atoms with E-state index in [9.17, 15) is 14.4 Å². The van der Waals surface area contributed by atoms with Crippen LogP contribution < -0.4 is 14.8 Å². The average Bonchev–Trinajstić information content (AvgIpc) is 2.70. The Balaban J connectivity index is 2.13. The van der Waals surface area contributed by atoms with Gasteiger partial charge in [-0.3, -0.25) is 19.3 Å². The summed E-state index contributed by atoms with van der Waals surface area (Å²) in [7, 11) is 5.93. The molecule has 2 amide bonds. The van der Waals surface area contributed by atoms with Crippen LogP contribution in [0.3, 0.4) is 0 Å². The molecule has 9 heteroatoms. The van der Waals surface area contributed by atoms with Crippen molar-refractivity contribution in [3.8, 4) is 11.5 Å². The molecule has 1 aliphatic rings. The molecule has 154 valence electrons. The molecule has 2 rings (SSSR count). The smallest absolute Gasteiger partial charge is 0.325 e. The van der Waals surface area contributed by atoms with E-state index in [1.54, 1.807) is 20.3 Å². The van der Waals surface area contributed by atoms with E-state index in [0.717, 1.165) is 5.56 Å². The van der Waals surface area contributed by atoms with Crippen molar-refractivity contribution in [2.45, 2.75) is 19.0 Å². The molecule has 1 saturated heterocycles. The number of carbonyl (C=O) groups is 3. The molecule has 1 aromatic rings. The van der Waals surface area contributed by atoms with Crippen LogP contribution in [-0.2, 0) is 25.7 Å². The lowest BCUT2D eigenvalue weighted by Crippen LogP contribution is -2.56. The maximum atomic E-state index is 12.5. The van der Waals surface area contributed by atoms with E-state index < -0.39 is 12.0 Å². The summed E-state index contributed by atoms with van der Waals surface area (Å²) in [4.78, 5) is 39.5. The minimum atomic E-state index is -0.631. The van der Waals surface area contributed by atoms with Crippen LogP contribution in [0.5, 0.6) is 11.5 Å². The normalized spacial score (nSPS) is 16.9. The predicted octanol–water partition coefficient (Wildman–Crippen LogP) is 0.0257. The number of amides is 2. The van der Waals surface area contributed by atoms with Crippen LogP contribution >= 0.6 is 0 Å². The number of methoxy groups -OCH3 is 3. The maximum Gasteiger partial charge on any atom is 0.325 e. The summed E-state index contributed by atoms with van der Waals surface area (Å²) < 4.78 is 15.2. The van der Waals surface area contributed by atoms with Crippen LogP contribution in [0.4, 0.5) is 0 Å². The lowest BCUT2D eigenvalue weighted by Gasteiger charge is -2.35. The first kappa shape index (κ1) is 21.5. The Kier molecular flexibility index (Phi) is 7.62. The van der Waals surface area contributed by atoms with E-state index in [-0.39, 0.29) is 24.8 Å². The van der Waals surface area contributed by atoms with Gasteiger partial charge in [0.05, 0.1) is 33.8 Å². The Bertz CT molecular complexity index is 724. The summed E-state index contributed by atoms with van der Waals surface area (Å²) in [6, 6.07) is 4.86. The van der Waals surface area contributed by atoms with Crippen molar-refractivity contribution in [2.75, 3.05) is 48.0 Å². The summed E-state index contributed by atoms with van der Waals surface area (Å²) >= 11 is 0. The molecular formula is C19H27N3O6. The Labute approximate surface area is 164 Å². The molecule has 1 fully saturated rings. The summed E-state index contributed by atoms with van der Waals surface area (Å²) in [5, 5.41) is 2.80. The fourth-order valence-corrected chi connectivity index (χ4v) is 3.04. The van der Waals surface area contributed by atoms with Gasteiger partial charge in [0.1, 0.15) is 18.0 Å². The molecule has 0 aromatic heterocycles. The summed E-state index contributed by atoms with van der Waals surface area (Å²) in [5.74, 6) is 0.299. The molecule has 0 saturated carbocycles. The number of carbonyl (C=O) groups excluding carboxylic acids is 3. The van der Waals surface area contributed by atoms with Gasteiger partial charge in [0.2, 0.25) is 11.8 Å². The highest BCUT2D eigenvalue weighted by Gasteiger charge is 2.33. The second-order valence-electron chi connectivity index (χ2n) is 6.49. The molecule has 0 spiro atoms. The molecule has 28 heavy (non-hydrogen) atoms. The number of rotatable bonds is 8. The highest BCUT2D eigenvalue weighted by atomic mass is 16.5. The van der Waals surface area contributed by atoms with Crippen molar-refractivity contribution in [1.29, 1.82) is 0 Å². The number of esters is 1. The first-order chi connectivity index (χ1) is 13.4. The van der Waals surface area contributed by atoms with Crippen molar-refractivity contribution in [3.63, 3.8) is 0 Å². The average molecular weight is 393 g/mol. The molecular weight excluding hydrogens is 366 g/mol. The zero-order valence-electron chi connectivity index (χ0n) is 16.7. The number of piperazine rings is 1. The summed E-state index contributed by atoms with van der Waals surface area (Å²) in [6.45, 7) is 1.38. The van der Waals surface area contributed by atoms with Gasteiger partial charge in [0.25, 0.3) is 0 Å². The Morgan fingerprint density at radius 1 is 1.25 bits per heavy atom. The van der Waals surface area contributed by atoms with Gasteiger partial charge in [0, 0.05) is 38.3 Å². The van der Waals surface area contributed by atoms with E-state index in [1.165, 1.54) is 19.1 Å². The third-order valence-corrected chi connectivity index (χ3v) is 4.70. The van der Waals surface area contributed by atoms with E-state index >= 15 is 0 Å². The fraction of sp³-hybridized carbons (Fsp3) is 0.526. The zero-order chi connectivity index (χ0) is 20.7. The molecule has 9 nitrogen and oxygen atoms in total. The van der Waals surface area contributed by atoms with Gasteiger partial charge in [-0.05, 0) is 6.07 Å². The molecule has 0 aliphatic carbocycles. The summed E-state index contributed by atoms with van der Waals surface area (Å²) in [5.41, 5.74) is 0.887. The fourth-order valence-electron chi connectivity index (χ4n) is 3.04. The van der Waals surface area contributed by atoms with Gasteiger partial charge in [-0.1, -0.05) is 6.07 Å². The van der Waals surface area contributed by atoms with Crippen molar-refractivity contribution in [1.82, 2.24) is 15.1 Å². The van der Waals surface area contributed by atoms with E-state index in [2.05, 4.69) is 10.1 Å². The molecule has 0 bridgehead atoms. The SMILES string of the molecule is COC(=O)CN(C)C(=O)C[C@H]1C(=O)NCCN1Cc1ccc(OC)cc1OC. The molecule has 0 unspecified atom stereocenters. The van der Waals surface area contributed by atoms with Gasteiger partial charge in [-0.15, -0.1) is 0 Å². The van der Waals surface area contributed by atoms with Gasteiger partial charge >= 0.3 is 5.97 Å². The lowest BCUT2D eigenvalue weighted by atomic mass is 10.1. The minimum Gasteiger partial charge on any atom is -0.497 e. The topological polar surface area (TPSA) is 97.4 Å². The predicted molar refractivity (Wildman–Crippen MR) is 101 cm³/mol. The highest BCUT2D eigenvalue weighted by Crippen LogP contribution is 2.27. The van der Waals surface area contributed by atoms with Crippen LogP contribution in [0.1, 0.15) is 12.0 Å². The van der Waals surface area contributed by atoms with Crippen LogP contribution in [0, 0.1) is 0 Å². The van der Waals surface area contributed by atoms with E-state index in [4.69, 9.17) is 9.47 Å². The van der Waals surface area contributed by atoms with Crippen molar-refractivity contribution < 1.29 is 28.6 Å². The Hall–Kier alpha value is -2.81. The largest absolute Gasteiger partial charge is 0.497 e. The highest BCUT2D eigenvalue weighted by molar-refractivity contribution is 5.90. The number of nitrogens with one attached hydrogen (secondary N) is 1. The number of ether oxygens (including phenoxy) is 3. The Morgan fingerprint density at radius 2 is 2.00 bits per heavy atom. The quantitative estimate of drug-likeness (QED) is 0.622. The monoisotopic (exact) mass is 393 g/mol. The zero-order valence-corrected chi connectivity index (χ0v) is 16.7. The van der Waals surface area contributed by atoms with Gasteiger partial charge in [-0.2, -0.15) is 0 Å². The molecule has 1 aliphatic heterocycles. The maximum absolute atomic E-state index is 12.5. The van der Waals surface area contributed by atoms with Crippen LogP contribution in [0.2, 0.25) is 0 Å². The molecule has 1 aromatic carbocycles. The van der Waals surface area contributed by atoms with E-state index in [1.807, 2.05) is 17.0 Å². The van der Waals surface area contributed by atoms with Gasteiger partial charge < -0.3 is 24.4 Å². The number of likely N-dealkylation sites (N-methyl/N-ethyl adjacent to an activating group) is 1. The standard InChI is InChI=1S/C19H27N3O6/c1-21(12-18(24)28-4)17(23)10-15-19(25)20-7-8-22(15)11-13-5-6-14(26-2)9-16(13)27-3/h5-6,9,15H,7-8,10-12H2,1-4H3,(H,20,25)/t15-/m0/s1. The first-order valence-electron chi connectivity index (χ1n) is 8.93. The number of hydrogen-bond acceptors (Lipinski definition) is 7. The van der Waals surface area contributed by atoms with Crippen molar-refractivity contribution in [2.24, 2.45) is 0 Å². The number of nitrogens with zero attached hydrogens (tertiary/aromatic N) is 2. The number of benzene rings is 1. The van der Waals surface area contributed by atoms with Crippen LogP contribution in [-0.4, -0.2) is 81.6 Å². The molecule has 1 N–H and O–H groups in total. The summed E-state index contributed by atoms with van der Waals surface area (Å²) in [6.07, 6.45) is -0.0300. The molecule has 1 atom stereocenters. The number of hydrogen-bond donors (Lipinski definition) is 1. The van der Waals surface area contributed by atoms with Gasteiger partial charge in [-0.25, -0.2) is 0 Å². The van der Waals surface area contributed by atoms with Gasteiger partial charge in [0.15, 0.2) is 0 Å². The van der Waals surface area contributed by atoms with E-state index in [0.29, 0.717) is 31.1 Å². The second-order valence-corrected chi connectivity index (χ2v) is 6.49. The minimum absolute atomic E-state index is 0.0300. The third-order valence-electron chi connectivity index (χ3n) is 4.70. The van der Waals surface area contributed by atoms with Crippen LogP contribution in [0.15, 0.2) is 18.2 Å². The van der Waals surface area contributed by atoms with Crippen molar-refractivity contribution >= 4 is 17.8 Å². The van der Waals surface area contributed by atoms with Crippen molar-refractivity contribution in [3.05, 3.63) is 23.8 Å². The lowest BCUT2D eigenvalue weighted by molar-refractivity contribution is -0.147. The Morgan fingerprint density at radius 3 is 2.64 bits per heavy atom. The van der Waals surface area contributed by atoms with Crippen LogP contribution in [0.25, 0.3) is 0 Å². The second kappa shape index (κ2) is 9.93. The molecule has 1 heterocycles.